The van der Waals surface area contributed by atoms with E-state index in [2.05, 4.69) is 10.6 Å². The fourth-order valence-electron chi connectivity index (χ4n) is 1.98. The van der Waals surface area contributed by atoms with Crippen LogP contribution >= 0.6 is 0 Å². The normalized spacial score (nSPS) is 18.5. The molecule has 1 aliphatic heterocycles. The molecule has 2 rings (SSSR count). The quantitative estimate of drug-likeness (QED) is 0.486. The minimum atomic E-state index is -1.26. The number of nitrogens with one attached hydrogen (secondary N) is 2. The molecule has 21 heavy (non-hydrogen) atoms. The third-order valence-electron chi connectivity index (χ3n) is 3.09. The molecule has 0 aliphatic carbocycles. The van der Waals surface area contributed by atoms with Crippen LogP contribution in [0.25, 0.3) is 0 Å². The van der Waals surface area contributed by atoms with Crippen LogP contribution in [0.2, 0.25) is 0 Å². The van der Waals surface area contributed by atoms with Crippen molar-refractivity contribution in [1.82, 2.24) is 10.6 Å². The summed E-state index contributed by atoms with van der Waals surface area (Å²) in [5, 5.41) is 15.4. The predicted molar refractivity (Wildman–Crippen MR) is 66.0 cm³/mol. The number of rotatable bonds is 4. The van der Waals surface area contributed by atoms with Crippen LogP contribution in [0.3, 0.4) is 0 Å². The molecule has 2 amide bonds. The number of imide groups is 1. The van der Waals surface area contributed by atoms with E-state index < -0.39 is 34.2 Å². The molecule has 0 radical (unpaired) electrons. The van der Waals surface area contributed by atoms with E-state index in [9.17, 15) is 28.5 Å². The van der Waals surface area contributed by atoms with Crippen molar-refractivity contribution in [2.45, 2.75) is 25.4 Å². The molecule has 112 valence electrons. The molecule has 1 heterocycles. The van der Waals surface area contributed by atoms with Gasteiger partial charge in [-0.2, -0.15) is 4.39 Å². The van der Waals surface area contributed by atoms with Gasteiger partial charge in [0.1, 0.15) is 5.82 Å². The summed E-state index contributed by atoms with van der Waals surface area (Å²) in [7, 11) is 0. The Bertz CT molecular complexity index is 621. The second kappa shape index (κ2) is 5.92. The summed E-state index contributed by atoms with van der Waals surface area (Å²) < 4.78 is 26.7. The molecule has 0 spiro atoms. The molecule has 0 saturated carbocycles. The maximum Gasteiger partial charge on any atom is 0.305 e. The minimum absolute atomic E-state index is 0.132. The first-order chi connectivity index (χ1) is 9.88. The standard InChI is InChI=1S/C12H11F2N3O4/c13-7-4-8(14)10(17(20)21)3-6(7)5-15-9-1-2-11(18)16-12(9)19/h3-4,9,15H,1-2,5H2,(H,16,18,19). The van der Waals surface area contributed by atoms with Gasteiger partial charge in [-0.25, -0.2) is 4.39 Å². The van der Waals surface area contributed by atoms with Crippen molar-refractivity contribution in [3.63, 3.8) is 0 Å². The first-order valence-electron chi connectivity index (χ1n) is 6.08. The number of halogens is 2. The lowest BCUT2D eigenvalue weighted by Gasteiger charge is -2.21. The summed E-state index contributed by atoms with van der Waals surface area (Å²) >= 11 is 0. The Labute approximate surface area is 117 Å². The van der Waals surface area contributed by atoms with E-state index in [1.54, 1.807) is 0 Å². The molecular weight excluding hydrogens is 288 g/mol. The zero-order chi connectivity index (χ0) is 15.6. The molecule has 7 nitrogen and oxygen atoms in total. The van der Waals surface area contributed by atoms with Gasteiger partial charge in [0.2, 0.25) is 17.6 Å². The van der Waals surface area contributed by atoms with Gasteiger partial charge in [0.15, 0.2) is 0 Å². The Hall–Kier alpha value is -2.42. The Kier molecular flexibility index (Phi) is 4.22. The van der Waals surface area contributed by atoms with Gasteiger partial charge in [-0.15, -0.1) is 0 Å². The zero-order valence-corrected chi connectivity index (χ0v) is 10.7. The molecule has 1 atom stereocenters. The van der Waals surface area contributed by atoms with Crippen LogP contribution in [0.1, 0.15) is 18.4 Å². The van der Waals surface area contributed by atoms with E-state index in [1.807, 2.05) is 0 Å². The first-order valence-corrected chi connectivity index (χ1v) is 6.08. The van der Waals surface area contributed by atoms with Gasteiger partial charge >= 0.3 is 5.69 Å². The van der Waals surface area contributed by atoms with Crippen LogP contribution in [0.5, 0.6) is 0 Å². The molecule has 2 N–H and O–H groups in total. The number of amides is 2. The number of carbonyl (C=O) groups is 2. The van der Waals surface area contributed by atoms with Crippen molar-refractivity contribution in [1.29, 1.82) is 0 Å². The van der Waals surface area contributed by atoms with E-state index in [0.717, 1.165) is 6.07 Å². The monoisotopic (exact) mass is 299 g/mol. The lowest BCUT2D eigenvalue weighted by molar-refractivity contribution is -0.387. The Morgan fingerprint density at radius 1 is 1.33 bits per heavy atom. The number of hydrogen-bond donors (Lipinski definition) is 2. The van der Waals surface area contributed by atoms with Crippen LogP contribution in [-0.2, 0) is 16.1 Å². The van der Waals surface area contributed by atoms with Crippen molar-refractivity contribution in [2.24, 2.45) is 0 Å². The number of benzene rings is 1. The second-order valence-electron chi connectivity index (χ2n) is 4.54. The second-order valence-corrected chi connectivity index (χ2v) is 4.54. The smallest absolute Gasteiger partial charge is 0.302 e. The lowest BCUT2D eigenvalue weighted by atomic mass is 10.1. The first kappa shape index (κ1) is 15.0. The lowest BCUT2D eigenvalue weighted by Crippen LogP contribution is -2.50. The van der Waals surface area contributed by atoms with Gasteiger partial charge in [-0.05, 0) is 6.42 Å². The number of nitro groups is 1. The zero-order valence-electron chi connectivity index (χ0n) is 10.7. The Balaban J connectivity index is 2.09. The Morgan fingerprint density at radius 3 is 2.67 bits per heavy atom. The molecule has 1 unspecified atom stereocenters. The van der Waals surface area contributed by atoms with Gasteiger partial charge in [-0.3, -0.25) is 25.0 Å². The van der Waals surface area contributed by atoms with Crippen molar-refractivity contribution in [3.05, 3.63) is 39.4 Å². The number of nitrogens with zero attached hydrogens (tertiary/aromatic N) is 1. The average Bonchev–Trinajstić information content (AvgIpc) is 2.39. The SMILES string of the molecule is O=C1CCC(NCc2cc([N+](=O)[O-])c(F)cc2F)C(=O)N1. The van der Waals surface area contributed by atoms with Crippen LogP contribution in [-0.4, -0.2) is 22.8 Å². The summed E-state index contributed by atoms with van der Waals surface area (Å²) in [5.41, 5.74) is -0.968. The number of carbonyl (C=O) groups excluding carboxylic acids is 2. The highest BCUT2D eigenvalue weighted by Crippen LogP contribution is 2.21. The van der Waals surface area contributed by atoms with E-state index in [-0.39, 0.29) is 30.9 Å². The third-order valence-corrected chi connectivity index (χ3v) is 3.09. The van der Waals surface area contributed by atoms with E-state index >= 15 is 0 Å². The molecule has 0 aromatic heterocycles. The molecule has 1 saturated heterocycles. The molecule has 1 aromatic rings. The van der Waals surface area contributed by atoms with Gasteiger partial charge in [0.05, 0.1) is 11.0 Å². The van der Waals surface area contributed by atoms with Crippen LogP contribution in [0.4, 0.5) is 14.5 Å². The highest BCUT2D eigenvalue weighted by atomic mass is 19.1. The molecular formula is C12H11F2N3O4. The summed E-state index contributed by atoms with van der Waals surface area (Å²) in [6.07, 6.45) is 0.394. The fourth-order valence-corrected chi connectivity index (χ4v) is 1.98. The molecule has 1 aliphatic rings. The minimum Gasteiger partial charge on any atom is -0.302 e. The third kappa shape index (κ3) is 3.37. The summed E-state index contributed by atoms with van der Waals surface area (Å²) in [5.74, 6) is -3.13. The topological polar surface area (TPSA) is 101 Å². The van der Waals surface area contributed by atoms with Crippen LogP contribution < -0.4 is 10.6 Å². The highest BCUT2D eigenvalue weighted by molar-refractivity contribution is 6.00. The van der Waals surface area contributed by atoms with Gasteiger partial charge in [0.25, 0.3) is 0 Å². The number of hydrogen-bond acceptors (Lipinski definition) is 5. The molecule has 0 bridgehead atoms. The van der Waals surface area contributed by atoms with Crippen LogP contribution in [0.15, 0.2) is 12.1 Å². The Morgan fingerprint density at radius 2 is 2.05 bits per heavy atom. The highest BCUT2D eigenvalue weighted by Gasteiger charge is 2.26. The predicted octanol–water partition coefficient (Wildman–Crippen LogP) is 0.768. The van der Waals surface area contributed by atoms with E-state index in [4.69, 9.17) is 0 Å². The summed E-state index contributed by atoms with van der Waals surface area (Å²) in [6.45, 7) is -0.195. The molecule has 9 heteroatoms. The number of piperidine rings is 1. The fraction of sp³-hybridized carbons (Fsp3) is 0.333. The van der Waals surface area contributed by atoms with Gasteiger partial charge < -0.3 is 5.32 Å². The maximum atomic E-state index is 13.6. The van der Waals surface area contributed by atoms with Gasteiger partial charge in [0, 0.05) is 30.7 Å². The largest absolute Gasteiger partial charge is 0.305 e. The van der Waals surface area contributed by atoms with Crippen molar-refractivity contribution in [3.8, 4) is 0 Å². The molecule has 1 fully saturated rings. The summed E-state index contributed by atoms with van der Waals surface area (Å²) in [6, 6.07) is 0.509. The van der Waals surface area contributed by atoms with Crippen molar-refractivity contribution < 1.29 is 23.3 Å². The average molecular weight is 299 g/mol. The summed E-state index contributed by atoms with van der Waals surface area (Å²) in [4.78, 5) is 32.1. The van der Waals surface area contributed by atoms with E-state index in [1.165, 1.54) is 0 Å². The number of nitro benzene ring substituents is 1. The van der Waals surface area contributed by atoms with Gasteiger partial charge in [-0.1, -0.05) is 0 Å². The van der Waals surface area contributed by atoms with Crippen molar-refractivity contribution >= 4 is 17.5 Å². The maximum absolute atomic E-state index is 13.6. The van der Waals surface area contributed by atoms with Crippen molar-refractivity contribution in [2.75, 3.05) is 0 Å². The van der Waals surface area contributed by atoms with E-state index in [0.29, 0.717) is 6.07 Å². The molecule has 1 aromatic carbocycles. The van der Waals surface area contributed by atoms with Crippen LogP contribution in [0, 0.1) is 21.7 Å².